The Hall–Kier alpha value is -1.32. The summed E-state index contributed by atoms with van der Waals surface area (Å²) in [7, 11) is 0. The van der Waals surface area contributed by atoms with Crippen LogP contribution in [0.4, 0.5) is 0 Å². The number of carbonyl (C=O) groups excluding carboxylic acids is 1. The first kappa shape index (κ1) is 14.7. The van der Waals surface area contributed by atoms with Gasteiger partial charge < -0.3 is 9.90 Å². The molecule has 0 aliphatic heterocycles. The summed E-state index contributed by atoms with van der Waals surface area (Å²) >= 11 is 0. The van der Waals surface area contributed by atoms with Crippen molar-refractivity contribution >= 4 is 6.29 Å². The van der Waals surface area contributed by atoms with Crippen molar-refractivity contribution in [2.45, 2.75) is 6.42 Å². The minimum Gasteiger partial charge on any atom is -0.875 e. The average molecular weight is 390 g/mol. The van der Waals surface area contributed by atoms with Crippen molar-refractivity contribution < 1.29 is 29.7 Å². The summed E-state index contributed by atoms with van der Waals surface area (Å²) in [6.07, 6.45) is 7.56. The molecule has 1 aromatic rings. The minimum absolute atomic E-state index is 0. The summed E-state index contributed by atoms with van der Waals surface area (Å²) in [5.74, 6) is -0.111. The molecule has 0 unspecified atom stereocenters. The van der Waals surface area contributed by atoms with Crippen LogP contribution in [-0.4, -0.2) is 6.29 Å². The predicted molar refractivity (Wildman–Crippen MR) is 58.0 cm³/mol. The summed E-state index contributed by atoms with van der Waals surface area (Å²) in [4.78, 5) is 9.89. The molecule has 0 bridgehead atoms. The van der Waals surface area contributed by atoms with Gasteiger partial charge in [0.1, 0.15) is 6.29 Å². The van der Waals surface area contributed by atoms with Crippen LogP contribution in [0.5, 0.6) is 0 Å². The maximum Gasteiger partial charge on any atom is 2.00 e. The molecule has 84 valence electrons. The van der Waals surface area contributed by atoms with E-state index in [0.717, 1.165) is 0 Å². The molecule has 1 aliphatic carbocycles. The number of allylic oxidation sites excluding steroid dienone is 6. The normalized spacial score (nSPS) is 11.4. The Morgan fingerprint density at radius 3 is 2.19 bits per heavy atom. The predicted octanol–water partition coefficient (Wildman–Crippen LogP) is 1.72. The molecule has 0 spiro atoms. The van der Waals surface area contributed by atoms with E-state index in [4.69, 9.17) is 0 Å². The Balaban J connectivity index is 0.000000318. The molecule has 0 N–H and O–H groups in total. The number of hydrogen-bond acceptors (Lipinski definition) is 2. The summed E-state index contributed by atoms with van der Waals surface area (Å²) in [6.45, 7) is 0. The van der Waals surface area contributed by atoms with Crippen molar-refractivity contribution in [2.75, 3.05) is 0 Å². The largest absolute Gasteiger partial charge is 2.00 e. The smallest absolute Gasteiger partial charge is 0.875 e. The SMILES string of the molecule is O=CCC([O-])=C1C=CC=C1.[Os+2].c1cc[cH-]c1. The minimum atomic E-state index is -0.111. The Kier molecular flexibility index (Phi) is 8.20. The molecule has 0 amide bonds. The van der Waals surface area contributed by atoms with Crippen molar-refractivity contribution in [3.8, 4) is 0 Å². The van der Waals surface area contributed by atoms with Crippen LogP contribution in [0, 0.1) is 0 Å². The van der Waals surface area contributed by atoms with Crippen molar-refractivity contribution in [1.82, 2.24) is 0 Å². The number of rotatable bonds is 2. The van der Waals surface area contributed by atoms with Gasteiger partial charge in [0.15, 0.2) is 0 Å². The van der Waals surface area contributed by atoms with E-state index in [-0.39, 0.29) is 32.0 Å². The van der Waals surface area contributed by atoms with E-state index in [2.05, 4.69) is 0 Å². The van der Waals surface area contributed by atoms with Gasteiger partial charge in [-0.1, -0.05) is 24.3 Å². The third-order valence-corrected chi connectivity index (χ3v) is 1.81. The monoisotopic (exact) mass is 392 g/mol. The third kappa shape index (κ3) is 5.53. The van der Waals surface area contributed by atoms with Gasteiger partial charge in [-0.25, -0.2) is 12.1 Å². The zero-order valence-corrected chi connectivity index (χ0v) is 11.2. The van der Waals surface area contributed by atoms with Gasteiger partial charge in [-0.2, -0.15) is 18.2 Å². The van der Waals surface area contributed by atoms with Crippen LogP contribution in [0.15, 0.2) is 66.0 Å². The molecule has 0 saturated heterocycles. The summed E-state index contributed by atoms with van der Waals surface area (Å²) in [5, 5.41) is 10.9. The molecule has 2 nitrogen and oxygen atoms in total. The van der Waals surface area contributed by atoms with Gasteiger partial charge in [0.25, 0.3) is 0 Å². The first-order valence-electron chi connectivity index (χ1n) is 4.70. The average Bonchev–Trinajstić information content (AvgIpc) is 2.95. The van der Waals surface area contributed by atoms with Gasteiger partial charge in [-0.15, -0.1) is 5.76 Å². The second kappa shape index (κ2) is 8.94. The number of carbonyl (C=O) groups is 1. The molecule has 2 rings (SSSR count). The Labute approximate surface area is 108 Å². The van der Waals surface area contributed by atoms with Gasteiger partial charge >= 0.3 is 19.8 Å². The second-order valence-electron chi connectivity index (χ2n) is 2.93. The standard InChI is InChI=1S/C8H8O2.C5H5.Os/c9-6-5-8(10)7-3-1-2-4-7;1-2-4-5-3-1;/h1-4,6,10H,5H2;1-5H;/q;-1;+2/p-1. The molecule has 0 saturated carbocycles. The van der Waals surface area contributed by atoms with Gasteiger partial charge in [0.2, 0.25) is 0 Å². The molecular formula is C13H12O2Os. The molecule has 0 fully saturated rings. The van der Waals surface area contributed by atoms with Gasteiger partial charge in [0.05, 0.1) is 0 Å². The van der Waals surface area contributed by atoms with E-state index in [1.807, 2.05) is 30.3 Å². The molecule has 1 aliphatic rings. The molecule has 1 aromatic carbocycles. The third-order valence-electron chi connectivity index (χ3n) is 1.81. The van der Waals surface area contributed by atoms with E-state index in [1.165, 1.54) is 0 Å². The second-order valence-corrected chi connectivity index (χ2v) is 2.93. The van der Waals surface area contributed by atoms with Crippen molar-refractivity contribution in [1.29, 1.82) is 0 Å². The van der Waals surface area contributed by atoms with Crippen LogP contribution in [0.2, 0.25) is 0 Å². The molecule has 0 heterocycles. The van der Waals surface area contributed by atoms with Crippen molar-refractivity contribution in [3.63, 3.8) is 0 Å². The van der Waals surface area contributed by atoms with Crippen LogP contribution in [0.25, 0.3) is 0 Å². The fraction of sp³-hybridized carbons (Fsp3) is 0.0769. The first-order chi connectivity index (χ1) is 7.34. The number of hydrogen-bond donors (Lipinski definition) is 0. The van der Waals surface area contributed by atoms with Crippen LogP contribution >= 0.6 is 0 Å². The maximum absolute atomic E-state index is 10.9. The van der Waals surface area contributed by atoms with Crippen molar-refractivity contribution in [3.05, 3.63) is 66.0 Å². The molecule has 0 aromatic heterocycles. The van der Waals surface area contributed by atoms with Gasteiger partial charge in [-0.3, -0.25) is 0 Å². The summed E-state index contributed by atoms with van der Waals surface area (Å²) < 4.78 is 0. The maximum atomic E-state index is 10.9. The molecule has 16 heavy (non-hydrogen) atoms. The quantitative estimate of drug-likeness (QED) is 0.438. The van der Waals surface area contributed by atoms with Crippen LogP contribution in [0.1, 0.15) is 6.42 Å². The fourth-order valence-corrected chi connectivity index (χ4v) is 1.07. The van der Waals surface area contributed by atoms with Crippen LogP contribution in [-0.2, 0) is 24.6 Å². The Morgan fingerprint density at radius 2 is 1.81 bits per heavy atom. The van der Waals surface area contributed by atoms with Gasteiger partial charge in [0, 0.05) is 6.42 Å². The Bertz CT molecular complexity index is 341. The molecular weight excluding hydrogens is 378 g/mol. The van der Waals surface area contributed by atoms with E-state index >= 15 is 0 Å². The molecule has 3 heteroatoms. The summed E-state index contributed by atoms with van der Waals surface area (Å²) in [6, 6.07) is 10.0. The topological polar surface area (TPSA) is 40.1 Å². The number of aldehydes is 1. The fourth-order valence-electron chi connectivity index (χ4n) is 1.07. The van der Waals surface area contributed by atoms with E-state index in [9.17, 15) is 9.90 Å². The van der Waals surface area contributed by atoms with Crippen LogP contribution < -0.4 is 5.11 Å². The molecule has 0 radical (unpaired) electrons. The van der Waals surface area contributed by atoms with Crippen LogP contribution in [0.3, 0.4) is 0 Å². The summed E-state index contributed by atoms with van der Waals surface area (Å²) in [5.41, 5.74) is 0.618. The molecule has 0 atom stereocenters. The first-order valence-corrected chi connectivity index (χ1v) is 4.70. The van der Waals surface area contributed by atoms with Gasteiger partial charge in [-0.05, 0) is 5.57 Å². The Morgan fingerprint density at radius 1 is 1.25 bits per heavy atom. The zero-order chi connectivity index (χ0) is 10.9. The van der Waals surface area contributed by atoms with E-state index in [0.29, 0.717) is 11.9 Å². The van der Waals surface area contributed by atoms with E-state index in [1.54, 1.807) is 24.3 Å². The zero-order valence-electron chi connectivity index (χ0n) is 8.65. The van der Waals surface area contributed by atoms with Crippen molar-refractivity contribution in [2.24, 2.45) is 0 Å². The van der Waals surface area contributed by atoms with E-state index < -0.39 is 0 Å².